The SMILES string of the molecule is C.Cc1c(OC=O)cc2cncn2c1N(C)C1CCOCC1.Cc1cc(C)c(CN)c(=O)[nH]1.Cc1cc(C)c(CNC(=O)c2cc3cncn3c(N(C)C3CCOCC3)c2C)c(=O)[nH]1.N#CC/C(C#N)=C\C1=CN=CC1.O=C1CCOCC1.O=CC1=CN=CC1.O=CO.[C-]#[N+]c1cc2cncn2c(CC2CCOCC2)c1C.[C-]#[N+]c1cc2cncn2c(N(C)C2CCOCC2)c1C.[C-]#[N+]c1cc2cncn2c(N)c1C.[Cl-].[Na+].[OH-]. The molecule has 0 aromatic carbocycles. The number of pyridine rings is 7. The molecule has 0 bridgehead atoms. The Kier molecular flexibility index (Phi) is 50.9. The Morgan fingerprint density at radius 3 is 1.35 bits per heavy atom. The monoisotopic (exact) mass is 2050 g/mol. The Balaban J connectivity index is 0.000000260. The molecule has 148 heavy (non-hydrogen) atoms. The molecule has 5 fully saturated rings. The smallest absolute Gasteiger partial charge is 1.00 e. The van der Waals surface area contributed by atoms with E-state index in [0.717, 1.165) is 236 Å². The molecule has 0 saturated carbocycles. The summed E-state index contributed by atoms with van der Waals surface area (Å²) in [5.74, 6) is 4.98. The summed E-state index contributed by atoms with van der Waals surface area (Å²) in [4.78, 5) is 127. The van der Waals surface area contributed by atoms with E-state index in [4.69, 9.17) is 80.0 Å². The van der Waals surface area contributed by atoms with Gasteiger partial charge in [-0.15, -0.1) is 0 Å². The van der Waals surface area contributed by atoms with Crippen LogP contribution in [0.2, 0.25) is 0 Å². The van der Waals surface area contributed by atoms with Crippen molar-refractivity contribution in [2.24, 2.45) is 21.6 Å². The number of aliphatic imine (C=N–C) groups is 2. The molecule has 12 aromatic heterocycles. The number of H-pyrrole nitrogens is 2. The minimum atomic E-state index is -0.250. The average Bonchev–Trinajstić information content (AvgIpc) is 1.67. The molecule has 12 aromatic rings. The Morgan fingerprint density at radius 2 is 0.946 bits per heavy atom. The number of nitrogen functional groups attached to an aromatic ring is 1. The van der Waals surface area contributed by atoms with Crippen LogP contribution in [0.3, 0.4) is 0 Å². The zero-order valence-electron chi connectivity index (χ0n) is 85.3. The predicted molar refractivity (Wildman–Crippen MR) is 560 cm³/mol. The summed E-state index contributed by atoms with van der Waals surface area (Å²) in [5.41, 5.74) is 31.2. The van der Waals surface area contributed by atoms with Crippen LogP contribution >= 0.6 is 0 Å². The maximum Gasteiger partial charge on any atom is 1.00 e. The number of nitrogens with two attached hydrogens (primary N) is 2. The normalized spacial score (nSPS) is 14.5. The molecule has 7 aliphatic rings. The first-order valence-electron chi connectivity index (χ1n) is 47.2. The number of carboxylic acid groups (broad SMARTS) is 1. The van der Waals surface area contributed by atoms with Gasteiger partial charge in [-0.3, -0.25) is 61.1 Å². The Labute approximate surface area is 889 Å². The summed E-state index contributed by atoms with van der Waals surface area (Å²) < 4.78 is 41.9. The van der Waals surface area contributed by atoms with Gasteiger partial charge in [0.2, 0.25) is 0 Å². The standard InChI is InChI=1S/C23H29N5O3.C15H18N4O.C15H19N3O3.C15H17N3O.C9H8N4.C9H7N3.C8H12N2O.C5H5NO.C5H8O2.CH2O2.CH4.ClH.Na.H2O/c1-14-9-15(2)26-22(30)20(14)12-25-21(29)19-10-18-11-24-13-28(18)23(16(19)3)27(4)17-5-7-31-8-6-17;1-11-14(16-2)8-13-9-17-10-19(13)15(11)18(3)12-4-6-20-7-5-12;1-11-14(21-10-19)7-13-8-16-9-18(13)15(11)17(2)12-3-5-20-6-4-12;1-11-14(16-2)8-13-9-17-10-18(13)15(11)7-12-3-5-19-6-4-12;1-6-8(11-2)3-7-4-12-5-13(7)9(6)10;10-3-1-8(6-11)5-9-2-4-12-7-9;1-5-3-6(2)10-8(11)7(5)4-9;7-4-5-1-2-6-3-5;6-5-1-3-7-4-2-5;2-1-3;;;;/h9-11,13,17H,5-8,12H2,1-4H3,(H,25,29)(H,26,30);8-10,12H,4-7H2,1,3H3;7-10,12H,3-6H2,1-2H3;8-10,12H,3-7H2,1H3;3-5H,10H2,1H3;4-5,7H,1-2H2;3H,4,9H2,1-2H3,(H,10,11);2-4H,1H2;1-4H2;1H,(H,2,3);1H4;1H;;1H2/q;;;;;;;;;;;;+1;/p-2/b;;;;;8-5+;;;;;;;;. The summed E-state index contributed by atoms with van der Waals surface area (Å²) in [7, 11) is 6.24. The van der Waals surface area contributed by atoms with Gasteiger partial charge >= 0.3 is 29.6 Å². The third kappa shape index (κ3) is 32.9. The Morgan fingerprint density at radius 1 is 0.554 bits per heavy atom. The molecule has 19 rings (SSSR count). The fraction of sp³-hybridized carbons (Fsp3) is 0.406. The molecule has 9 N–H and O–H groups in total. The largest absolute Gasteiger partial charge is 1.00 e. The second-order valence-corrected chi connectivity index (χ2v) is 34.9. The van der Waals surface area contributed by atoms with Gasteiger partial charge < -0.3 is 97.3 Å². The zero-order chi connectivity index (χ0) is 104. The van der Waals surface area contributed by atoms with Crippen LogP contribution in [-0.2, 0) is 62.4 Å². The molecule has 778 valence electrons. The van der Waals surface area contributed by atoms with Crippen LogP contribution in [0.5, 0.6) is 5.75 Å². The van der Waals surface area contributed by atoms with Crippen molar-refractivity contribution in [3.05, 3.63) is 268 Å². The zero-order valence-corrected chi connectivity index (χ0v) is 88.1. The molecule has 0 radical (unpaired) electrons. The van der Waals surface area contributed by atoms with Crippen LogP contribution in [0.4, 0.5) is 40.3 Å². The van der Waals surface area contributed by atoms with E-state index < -0.39 is 0 Å². The van der Waals surface area contributed by atoms with Crippen molar-refractivity contribution < 1.29 is 105 Å². The molecule has 42 heteroatoms. The van der Waals surface area contributed by atoms with E-state index in [1.807, 2.05) is 139 Å². The summed E-state index contributed by atoms with van der Waals surface area (Å²) in [6.45, 7) is 47.3. The first kappa shape index (κ1) is 122. The number of carbonyl (C=O) groups excluding carboxylic acids is 4. The topological polar surface area (TPSA) is 502 Å². The van der Waals surface area contributed by atoms with Gasteiger partial charge in [-0.05, 0) is 202 Å². The minimum Gasteiger partial charge on any atom is -1.00 e. The molecular formula is C106H130ClN25NaO15-. The number of imidazole rings is 5. The number of rotatable bonds is 17. The van der Waals surface area contributed by atoms with E-state index in [1.54, 1.807) is 85.1 Å². The summed E-state index contributed by atoms with van der Waals surface area (Å²) >= 11 is 0. The first-order valence-corrected chi connectivity index (χ1v) is 47.2. The molecule has 0 atom stereocenters. The number of aryl methyl sites for hydroxylation is 4. The second-order valence-electron chi connectivity index (χ2n) is 34.9. The van der Waals surface area contributed by atoms with Crippen LogP contribution in [0.25, 0.3) is 42.1 Å². The number of nitrogens with zero attached hydrogens (tertiary/aromatic N) is 20. The maximum atomic E-state index is 13.2. The predicted octanol–water partition coefficient (Wildman–Crippen LogP) is 9.27. The molecular weight excluding hydrogens is 1920 g/mol. The number of aldehydes is 1. The van der Waals surface area contributed by atoms with Crippen molar-refractivity contribution >= 4 is 111 Å². The summed E-state index contributed by atoms with van der Waals surface area (Å²) in [5, 5.41) is 26.8. The summed E-state index contributed by atoms with van der Waals surface area (Å²) in [6.07, 6.45) is 39.1. The van der Waals surface area contributed by atoms with Crippen molar-refractivity contribution in [2.45, 2.75) is 191 Å². The van der Waals surface area contributed by atoms with Gasteiger partial charge in [0.25, 0.3) is 30.0 Å². The van der Waals surface area contributed by atoms with Crippen molar-refractivity contribution in [1.82, 2.24) is 62.2 Å². The van der Waals surface area contributed by atoms with E-state index in [0.29, 0.717) is 121 Å². The number of anilines is 4. The third-order valence-electron chi connectivity index (χ3n) is 25.5. The van der Waals surface area contributed by atoms with Gasteiger partial charge in [0.1, 0.15) is 66.4 Å². The van der Waals surface area contributed by atoms with Crippen LogP contribution in [-0.4, -0.2) is 216 Å². The average molecular weight is 2050 g/mol. The van der Waals surface area contributed by atoms with Gasteiger partial charge in [0.15, 0.2) is 17.1 Å². The molecule has 0 aliphatic carbocycles. The second kappa shape index (κ2) is 61.7. The number of nitriles is 2. The van der Waals surface area contributed by atoms with Gasteiger partial charge in [-0.2, -0.15) is 10.5 Å². The number of aromatic nitrogens is 12. The van der Waals surface area contributed by atoms with Crippen molar-refractivity contribution in [3.8, 4) is 17.9 Å². The molecule has 0 spiro atoms. The van der Waals surface area contributed by atoms with Crippen LogP contribution in [0.15, 0.2) is 160 Å². The first-order chi connectivity index (χ1) is 69.6. The number of aromatic amines is 2. The minimum absolute atomic E-state index is 0. The van der Waals surface area contributed by atoms with Crippen molar-refractivity contribution in [3.63, 3.8) is 0 Å². The number of ether oxygens (including phenoxy) is 6. The summed E-state index contributed by atoms with van der Waals surface area (Å²) in [6, 6.07) is 18.2. The Bertz CT molecular complexity index is 7000. The van der Waals surface area contributed by atoms with Crippen LogP contribution < -0.4 is 89.3 Å². The number of hydrogen-bond donors (Lipinski definition) is 6. The van der Waals surface area contributed by atoms with Crippen molar-refractivity contribution in [2.75, 3.05) is 108 Å². The van der Waals surface area contributed by atoms with Gasteiger partial charge in [-0.1, -0.05) is 7.43 Å². The molecule has 19 heterocycles. The van der Waals surface area contributed by atoms with E-state index in [9.17, 15) is 28.8 Å². The quantitative estimate of drug-likeness (QED) is 0.0214. The molecule has 1 amide bonds. The molecule has 0 unspecified atom stereocenters. The molecule has 5 saturated heterocycles. The maximum absolute atomic E-state index is 13.2. The van der Waals surface area contributed by atoms with E-state index >= 15 is 0 Å². The number of halogens is 1. The van der Waals surface area contributed by atoms with Gasteiger partial charge in [0.05, 0.1) is 116 Å². The number of ketones is 1. The number of carbonyl (C=O) groups is 5. The molecule has 7 aliphatic heterocycles. The van der Waals surface area contributed by atoms with Crippen LogP contribution in [0, 0.1) is 111 Å². The molecule has 40 nitrogen and oxygen atoms in total. The van der Waals surface area contributed by atoms with Crippen molar-refractivity contribution in [1.29, 1.82) is 10.5 Å². The van der Waals surface area contributed by atoms with E-state index in [-0.39, 0.29) is 91.3 Å². The fourth-order valence-corrected chi connectivity index (χ4v) is 17.5. The van der Waals surface area contributed by atoms with Gasteiger partial charge in [-0.25, -0.2) is 39.5 Å². The van der Waals surface area contributed by atoms with E-state index in [2.05, 4.69) is 109 Å². The third-order valence-corrected chi connectivity index (χ3v) is 25.5. The Hall–Kier alpha value is -14.7. The fourth-order valence-electron chi connectivity index (χ4n) is 17.5. The van der Waals surface area contributed by atoms with Crippen LogP contribution in [0.1, 0.15) is 168 Å². The number of fused-ring (bicyclic) bond motifs is 5. The number of hydrogen-bond acceptors (Lipinski definition) is 28. The number of amides is 1. The van der Waals surface area contributed by atoms with E-state index in [1.165, 1.54) is 5.69 Å². The number of Topliss-reactive ketones (excluding diaryl/α,β-unsaturated/α-hetero) is 1. The number of nitrogens with one attached hydrogen (secondary N) is 3. The number of allylic oxidation sites excluding steroid dienone is 4. The van der Waals surface area contributed by atoms with Gasteiger partial charge in [0, 0.05) is 218 Å².